The van der Waals surface area contributed by atoms with Crippen LogP contribution in [0.4, 0.5) is 0 Å². The van der Waals surface area contributed by atoms with Gasteiger partial charge in [0.05, 0.1) is 0 Å². The van der Waals surface area contributed by atoms with Gasteiger partial charge in [-0.05, 0) is 24.3 Å². The van der Waals surface area contributed by atoms with E-state index in [4.69, 9.17) is 17.5 Å². The zero-order valence-electron chi connectivity index (χ0n) is 11.8. The second kappa shape index (κ2) is 9.98. The van der Waals surface area contributed by atoms with E-state index >= 15 is 0 Å². The predicted molar refractivity (Wildman–Crippen MR) is 85.9 cm³/mol. The van der Waals surface area contributed by atoms with Crippen LogP contribution < -0.4 is 0 Å². The van der Waals surface area contributed by atoms with Gasteiger partial charge in [0.25, 0.3) is 0 Å². The van der Waals surface area contributed by atoms with Gasteiger partial charge in [-0.25, -0.2) is 0 Å². The van der Waals surface area contributed by atoms with Crippen molar-refractivity contribution < 1.29 is 37.9 Å². The van der Waals surface area contributed by atoms with Crippen LogP contribution in [0.3, 0.4) is 0 Å². The lowest BCUT2D eigenvalue weighted by atomic mass is 10.6. The molecule has 0 amide bonds. The molecule has 0 aliphatic heterocycles. The lowest BCUT2D eigenvalue weighted by Crippen LogP contribution is -2.36. The first kappa shape index (κ1) is 23.4. The Hall–Kier alpha value is -0.900. The van der Waals surface area contributed by atoms with E-state index < -0.39 is 41.0 Å². The topological polar surface area (TPSA) is 156 Å². The smallest absolute Gasteiger partial charge is 0.356 e. The van der Waals surface area contributed by atoms with Gasteiger partial charge in [-0.3, -0.25) is 9.11 Å². The lowest BCUT2D eigenvalue weighted by molar-refractivity contribution is 0.206. The van der Waals surface area contributed by atoms with Crippen LogP contribution in [0, 0.1) is 0 Å². The number of rotatable bonds is 8. The second-order valence-corrected chi connectivity index (χ2v) is 8.74. The molecule has 128 valence electrons. The van der Waals surface area contributed by atoms with Crippen LogP contribution in [-0.4, -0.2) is 61.3 Å². The molecule has 4 atom stereocenters. The molecule has 4 unspecified atom stereocenters. The number of hydrogen-bond donors (Lipinski definition) is 6. The van der Waals surface area contributed by atoms with E-state index in [2.05, 4.69) is 26.3 Å². The third-order valence-electron chi connectivity index (χ3n) is 2.68. The van der Waals surface area contributed by atoms with Crippen molar-refractivity contribution in [3.8, 4) is 0 Å². The summed E-state index contributed by atoms with van der Waals surface area (Å²) in [5.74, 6) is -5.01. The van der Waals surface area contributed by atoms with Gasteiger partial charge >= 0.3 is 10.4 Å². The summed E-state index contributed by atoms with van der Waals surface area (Å²) >= 11 is 0. The highest BCUT2D eigenvalue weighted by Gasteiger charge is 2.59. The van der Waals surface area contributed by atoms with Crippen molar-refractivity contribution in [3.05, 3.63) is 50.6 Å². The lowest BCUT2D eigenvalue weighted by Gasteiger charge is -2.37. The van der Waals surface area contributed by atoms with Crippen LogP contribution in [0.1, 0.15) is 0 Å². The minimum absolute atomic E-state index is 1.17. The molecule has 0 aromatic rings. The van der Waals surface area contributed by atoms with Gasteiger partial charge in [-0.1, -0.05) is 26.3 Å². The first-order chi connectivity index (χ1) is 9.93. The monoisotopic (exact) mass is 357 g/mol. The minimum Gasteiger partial charge on any atom is -0.356 e. The molecule has 0 bridgehead atoms. The van der Waals surface area contributed by atoms with Gasteiger partial charge in [-0.2, -0.15) is 8.42 Å². The quantitative estimate of drug-likeness (QED) is 0.207. The first-order valence-electron chi connectivity index (χ1n) is 5.73. The fourth-order valence-corrected chi connectivity index (χ4v) is 5.01. The third-order valence-corrected chi connectivity index (χ3v) is 7.18. The molecule has 0 aliphatic rings. The minimum atomic E-state index is -4.67. The zero-order chi connectivity index (χ0) is 18.1. The van der Waals surface area contributed by atoms with E-state index in [0.717, 1.165) is 0 Å². The Kier molecular flexibility index (Phi) is 10.6. The van der Waals surface area contributed by atoms with Crippen molar-refractivity contribution in [2.45, 2.75) is 23.4 Å². The van der Waals surface area contributed by atoms with E-state index in [1.165, 1.54) is 24.3 Å². The number of hydrogen-bond acceptors (Lipinski definition) is 6. The van der Waals surface area contributed by atoms with Crippen molar-refractivity contribution in [3.63, 3.8) is 0 Å². The highest BCUT2D eigenvalue weighted by atomic mass is 32.3. The summed E-state index contributed by atoms with van der Waals surface area (Å²) < 4.78 is 31.6. The highest BCUT2D eigenvalue weighted by molar-refractivity contribution is 7.80. The molecule has 0 aliphatic carbocycles. The van der Waals surface area contributed by atoms with Crippen molar-refractivity contribution in [2.75, 3.05) is 0 Å². The number of aliphatic hydroxyl groups excluding tert-OH is 4. The van der Waals surface area contributed by atoms with Gasteiger partial charge < -0.3 is 20.4 Å². The molecule has 0 aromatic heterocycles. The average molecular weight is 357 g/mol. The van der Waals surface area contributed by atoms with Crippen LogP contribution in [0.2, 0.25) is 0 Å². The summed E-state index contributed by atoms with van der Waals surface area (Å²) in [4.78, 5) is 0. The molecule has 0 spiro atoms. The van der Waals surface area contributed by atoms with Crippen LogP contribution >= 0.6 is 7.26 Å². The maximum Gasteiger partial charge on any atom is 0.394 e. The Morgan fingerprint density at radius 1 is 0.682 bits per heavy atom. The molecular formula is C12H22O8PS+. The Labute approximate surface area is 130 Å². The summed E-state index contributed by atoms with van der Waals surface area (Å²) in [7, 11) is -7.78. The fraction of sp³-hybridized carbons (Fsp3) is 0.333. The van der Waals surface area contributed by atoms with Crippen molar-refractivity contribution in [1.82, 2.24) is 0 Å². The molecule has 10 heteroatoms. The molecule has 8 nitrogen and oxygen atoms in total. The summed E-state index contributed by atoms with van der Waals surface area (Å²) in [6, 6.07) is 0. The molecule has 0 rings (SSSR count). The molecular weight excluding hydrogens is 335 g/mol. The van der Waals surface area contributed by atoms with E-state index in [1.807, 2.05) is 0 Å². The van der Waals surface area contributed by atoms with Gasteiger partial charge in [0.2, 0.25) is 0 Å². The molecule has 22 heavy (non-hydrogen) atoms. The summed E-state index contributed by atoms with van der Waals surface area (Å²) in [6.45, 7) is 13.7. The zero-order valence-corrected chi connectivity index (χ0v) is 13.5. The molecule has 0 saturated heterocycles. The van der Waals surface area contributed by atoms with Crippen molar-refractivity contribution in [1.29, 1.82) is 0 Å². The van der Waals surface area contributed by atoms with Crippen LogP contribution in [-0.2, 0) is 10.4 Å². The molecule has 6 N–H and O–H groups in total. The largest absolute Gasteiger partial charge is 0.394 e. The number of aliphatic hydroxyl groups is 4. The molecule has 0 saturated carbocycles. The average Bonchev–Trinajstić information content (AvgIpc) is 2.44. The van der Waals surface area contributed by atoms with Gasteiger partial charge in [0.15, 0.2) is 23.4 Å². The standard InChI is InChI=1S/C12H20O4P.H2O4S/c1-5-9(13)17(10(14)6-2,11(15)7-3)12(16)8-4;1-5(2,3)4/h5-16H,1-4H2;(H2,1,2,3,4)/q+1;. The Morgan fingerprint density at radius 2 is 0.818 bits per heavy atom. The summed E-state index contributed by atoms with van der Waals surface area (Å²) in [5.41, 5.74) is 0. The summed E-state index contributed by atoms with van der Waals surface area (Å²) in [5, 5.41) is 39.9. The maximum atomic E-state index is 9.98. The third kappa shape index (κ3) is 6.47. The second-order valence-electron chi connectivity index (χ2n) is 3.94. The Morgan fingerprint density at radius 3 is 0.909 bits per heavy atom. The SMILES string of the molecule is C=CC(O)[P+](C(O)C=C)(C(O)C=C)C(O)C=C.O=S(=O)(O)O. The Balaban J connectivity index is 0. The normalized spacial score (nSPS) is 19.2. The first-order valence-corrected chi connectivity index (χ1v) is 9.19. The summed E-state index contributed by atoms with van der Waals surface area (Å²) in [6.07, 6.45) is 4.67. The van der Waals surface area contributed by atoms with E-state index in [9.17, 15) is 20.4 Å². The van der Waals surface area contributed by atoms with Gasteiger partial charge in [0.1, 0.15) is 7.26 Å². The van der Waals surface area contributed by atoms with E-state index in [0.29, 0.717) is 0 Å². The van der Waals surface area contributed by atoms with Crippen LogP contribution in [0.15, 0.2) is 50.6 Å². The van der Waals surface area contributed by atoms with Gasteiger partial charge in [0, 0.05) is 0 Å². The van der Waals surface area contributed by atoms with Crippen LogP contribution in [0.25, 0.3) is 0 Å². The van der Waals surface area contributed by atoms with Crippen LogP contribution in [0.5, 0.6) is 0 Å². The van der Waals surface area contributed by atoms with E-state index in [-0.39, 0.29) is 0 Å². The molecule has 0 heterocycles. The highest BCUT2D eigenvalue weighted by Crippen LogP contribution is 2.72. The Bertz CT molecular complexity index is 420. The molecule has 0 aromatic carbocycles. The van der Waals surface area contributed by atoms with Crippen molar-refractivity contribution in [2.24, 2.45) is 0 Å². The maximum absolute atomic E-state index is 9.98. The van der Waals surface area contributed by atoms with Gasteiger partial charge in [-0.15, -0.1) is 0 Å². The van der Waals surface area contributed by atoms with E-state index in [1.54, 1.807) is 0 Å². The predicted octanol–water partition coefficient (Wildman–Crippen LogP) is 0.369. The molecule has 0 radical (unpaired) electrons. The fourth-order valence-electron chi connectivity index (χ4n) is 1.67. The molecule has 0 fully saturated rings. The van der Waals surface area contributed by atoms with Crippen molar-refractivity contribution >= 4 is 17.7 Å².